The Labute approximate surface area is 364 Å². The molecule has 2 unspecified atom stereocenters. The molecule has 0 aliphatic carbocycles. The van der Waals surface area contributed by atoms with Gasteiger partial charge in [0.2, 0.25) is 0 Å². The van der Waals surface area contributed by atoms with Crippen molar-refractivity contribution < 1.29 is 23.7 Å². The van der Waals surface area contributed by atoms with Crippen LogP contribution in [-0.2, 0) is 25.4 Å². The van der Waals surface area contributed by atoms with Crippen molar-refractivity contribution >= 4 is 58.5 Å². The highest BCUT2D eigenvalue weighted by Crippen LogP contribution is 2.50. The van der Waals surface area contributed by atoms with Crippen molar-refractivity contribution in [3.63, 3.8) is 0 Å². The number of rotatable bonds is 16. The van der Waals surface area contributed by atoms with Crippen molar-refractivity contribution in [2.45, 2.75) is 58.8 Å². The van der Waals surface area contributed by atoms with Crippen LogP contribution in [-0.4, -0.2) is 80.4 Å². The molecule has 2 aromatic heterocycles. The molecule has 59 heavy (non-hydrogen) atoms. The summed E-state index contributed by atoms with van der Waals surface area (Å²) in [6.45, 7) is 1.36. The van der Waals surface area contributed by atoms with E-state index in [0.29, 0.717) is 48.3 Å². The molecule has 5 heterocycles. The Morgan fingerprint density at radius 1 is 0.729 bits per heavy atom. The number of hydrogen-bond donors (Lipinski definition) is 0. The quantitative estimate of drug-likeness (QED) is 0.0709. The van der Waals surface area contributed by atoms with Gasteiger partial charge in [-0.05, 0) is 88.4 Å². The van der Waals surface area contributed by atoms with E-state index in [0.717, 1.165) is 50.4 Å². The fourth-order valence-corrected chi connectivity index (χ4v) is 9.74. The molecular formula is C46H46Cl2N4O5S2. The van der Waals surface area contributed by atoms with Crippen LogP contribution >= 0.6 is 46.7 Å². The summed E-state index contributed by atoms with van der Waals surface area (Å²) in [5, 5.41) is 0.739. The van der Waals surface area contributed by atoms with E-state index in [1.807, 2.05) is 24.3 Å². The highest BCUT2D eigenvalue weighted by atomic mass is 35.5. The van der Waals surface area contributed by atoms with E-state index in [4.69, 9.17) is 56.9 Å². The Morgan fingerprint density at radius 2 is 1.32 bits per heavy atom. The van der Waals surface area contributed by atoms with E-state index in [-0.39, 0.29) is 18.2 Å². The predicted octanol–water partition coefficient (Wildman–Crippen LogP) is 10.5. The number of methoxy groups -OCH3 is 2. The Bertz CT molecular complexity index is 2300. The summed E-state index contributed by atoms with van der Waals surface area (Å²) in [7, 11) is 3.38. The van der Waals surface area contributed by atoms with Crippen molar-refractivity contribution in [2.75, 3.05) is 46.6 Å². The van der Waals surface area contributed by atoms with Crippen LogP contribution < -0.4 is 4.74 Å². The lowest BCUT2D eigenvalue weighted by Crippen LogP contribution is -2.32. The topological polar surface area (TPSA) is 96.7 Å². The van der Waals surface area contributed by atoms with Gasteiger partial charge in [-0.2, -0.15) is 0 Å². The van der Waals surface area contributed by atoms with Gasteiger partial charge in [0.1, 0.15) is 40.3 Å². The van der Waals surface area contributed by atoms with Crippen LogP contribution in [0.15, 0.2) is 123 Å². The fraction of sp³-hybridized carbons (Fsp3) is 0.348. The standard InChI is InChI=1S/C46H46Cl2N4O5S2/c1-53-25-36-42(28-11-15-31(58-3)16-12-28)56-39(51-36)24-35(33-7-5-20-49-44(33)47)41(46-52-37(26-54-2)43(57-46)29-13-17-32(59-4)18-14-29)40(34-8-6-21-50-45(34)48)30-10-9-27-19-22-55-38(27)23-30/h5-18,20-21,23,35-37,40-43H,19,22,24-26H2,1-4H3/t35?,36-,37-,40-,41?,42-,43-/m0/s1. The molecule has 306 valence electrons. The van der Waals surface area contributed by atoms with Gasteiger partial charge in [0.15, 0.2) is 11.8 Å². The maximum Gasteiger partial charge on any atom is 0.189 e. The molecule has 7 atom stereocenters. The number of hydrogen-bond acceptors (Lipinski definition) is 11. The molecule has 8 rings (SSSR count). The van der Waals surface area contributed by atoms with E-state index in [1.165, 1.54) is 4.90 Å². The van der Waals surface area contributed by atoms with E-state index >= 15 is 0 Å². The summed E-state index contributed by atoms with van der Waals surface area (Å²) in [5.41, 5.74) is 5.76. The number of halogens is 2. The number of aromatic nitrogens is 2. The molecule has 3 aliphatic heterocycles. The first-order valence-corrected chi connectivity index (χ1v) is 22.8. The number of pyridine rings is 2. The lowest BCUT2D eigenvalue weighted by Gasteiger charge is -2.35. The zero-order chi connectivity index (χ0) is 40.9. The number of fused-ring (bicyclic) bond motifs is 1. The van der Waals surface area contributed by atoms with Crippen LogP contribution in [0.4, 0.5) is 0 Å². The van der Waals surface area contributed by atoms with Crippen molar-refractivity contribution in [1.82, 2.24) is 9.97 Å². The monoisotopic (exact) mass is 868 g/mol. The second-order valence-electron chi connectivity index (χ2n) is 14.7. The minimum Gasteiger partial charge on any atom is -0.493 e. The third-order valence-corrected chi connectivity index (χ3v) is 13.4. The Balaban J connectivity index is 1.30. The molecule has 13 heteroatoms. The van der Waals surface area contributed by atoms with Crippen LogP contribution in [0.3, 0.4) is 0 Å². The Hall–Kier alpha value is -4.10. The van der Waals surface area contributed by atoms with E-state index in [2.05, 4.69) is 89.2 Å². The van der Waals surface area contributed by atoms with Crippen LogP contribution in [0.1, 0.15) is 63.8 Å². The molecule has 0 saturated carbocycles. The van der Waals surface area contributed by atoms with E-state index < -0.39 is 23.9 Å². The third-order valence-electron chi connectivity index (χ3n) is 11.2. The summed E-state index contributed by atoms with van der Waals surface area (Å²) < 4.78 is 31.7. The minimum atomic E-state index is -0.528. The number of benzene rings is 3. The van der Waals surface area contributed by atoms with Crippen molar-refractivity contribution in [3.05, 3.63) is 147 Å². The van der Waals surface area contributed by atoms with Crippen molar-refractivity contribution in [3.8, 4) is 5.75 Å². The van der Waals surface area contributed by atoms with E-state index in [1.54, 1.807) is 50.1 Å². The van der Waals surface area contributed by atoms with Gasteiger partial charge in [0.25, 0.3) is 0 Å². The van der Waals surface area contributed by atoms with Crippen LogP contribution in [0, 0.1) is 5.92 Å². The van der Waals surface area contributed by atoms with Gasteiger partial charge in [-0.15, -0.1) is 23.5 Å². The van der Waals surface area contributed by atoms with Crippen molar-refractivity contribution in [2.24, 2.45) is 15.9 Å². The SMILES string of the molecule is COC[C@@H]1N=C(CC(c2cccnc2Cl)C(C2=N[C@@H](COC)[C@H](c3ccc(SC)cc3)O2)[C@@H](c2ccc3c(c2)OCC3)c2cccnc2Cl)O[C@H]1c1ccc(SC)cc1. The van der Waals surface area contributed by atoms with Gasteiger partial charge < -0.3 is 23.7 Å². The highest BCUT2D eigenvalue weighted by molar-refractivity contribution is 7.98. The van der Waals surface area contributed by atoms with Gasteiger partial charge >= 0.3 is 0 Å². The van der Waals surface area contributed by atoms with Gasteiger partial charge in [-0.3, -0.25) is 0 Å². The summed E-state index contributed by atoms with van der Waals surface area (Å²) in [6.07, 6.45) is 7.96. The molecule has 0 amide bonds. The molecule has 0 radical (unpaired) electrons. The molecule has 3 aliphatic rings. The summed E-state index contributed by atoms with van der Waals surface area (Å²) in [5.74, 6) is 0.550. The van der Waals surface area contributed by atoms with Crippen molar-refractivity contribution in [1.29, 1.82) is 0 Å². The third kappa shape index (κ3) is 9.02. The summed E-state index contributed by atoms with van der Waals surface area (Å²) in [4.78, 5) is 22.2. The Kier molecular flexibility index (Phi) is 13.5. The molecule has 0 bridgehead atoms. The first-order chi connectivity index (χ1) is 28.9. The normalized spacial score (nSPS) is 21.1. The molecule has 0 N–H and O–H groups in total. The van der Waals surface area contributed by atoms with Gasteiger partial charge in [-0.25, -0.2) is 20.0 Å². The first kappa shape index (κ1) is 41.6. The maximum atomic E-state index is 7.19. The van der Waals surface area contributed by atoms with E-state index in [9.17, 15) is 0 Å². The van der Waals surface area contributed by atoms with Crippen LogP contribution in [0.25, 0.3) is 0 Å². The second kappa shape index (κ2) is 19.1. The molecule has 3 aromatic carbocycles. The predicted molar refractivity (Wildman–Crippen MR) is 237 cm³/mol. The molecular weight excluding hydrogens is 824 g/mol. The molecule has 0 spiro atoms. The number of aliphatic imine (C=N–C) groups is 2. The summed E-state index contributed by atoms with van der Waals surface area (Å²) >= 11 is 17.7. The number of thioether (sulfide) groups is 2. The lowest BCUT2D eigenvalue weighted by atomic mass is 9.71. The average Bonchev–Trinajstić information content (AvgIpc) is 4.02. The van der Waals surface area contributed by atoms with Gasteiger partial charge in [0, 0.05) is 61.1 Å². The largest absolute Gasteiger partial charge is 0.493 e. The fourth-order valence-electron chi connectivity index (χ4n) is 8.43. The van der Waals surface area contributed by atoms with Gasteiger partial charge in [0.05, 0.1) is 25.7 Å². The molecule has 9 nitrogen and oxygen atoms in total. The van der Waals surface area contributed by atoms with Crippen LogP contribution in [0.2, 0.25) is 10.3 Å². The molecule has 0 fully saturated rings. The highest BCUT2D eigenvalue weighted by Gasteiger charge is 2.46. The summed E-state index contributed by atoms with van der Waals surface area (Å²) in [6, 6.07) is 30.6. The first-order valence-electron chi connectivity index (χ1n) is 19.6. The second-order valence-corrected chi connectivity index (χ2v) is 17.2. The van der Waals surface area contributed by atoms with Crippen LogP contribution in [0.5, 0.6) is 5.75 Å². The zero-order valence-electron chi connectivity index (χ0n) is 33.3. The smallest absolute Gasteiger partial charge is 0.189 e. The number of ether oxygens (including phenoxy) is 5. The minimum absolute atomic E-state index is 0.268. The molecule has 0 saturated heterocycles. The average molecular weight is 870 g/mol. The maximum absolute atomic E-state index is 7.19. The lowest BCUT2D eigenvalue weighted by molar-refractivity contribution is 0.114. The molecule has 5 aromatic rings. The zero-order valence-corrected chi connectivity index (χ0v) is 36.4. The van der Waals surface area contributed by atoms with Gasteiger partial charge in [-0.1, -0.05) is 71.7 Å². The Morgan fingerprint density at radius 3 is 1.92 bits per heavy atom. The number of nitrogens with zero attached hydrogens (tertiary/aromatic N) is 4.